The molecule has 12 heavy (non-hydrogen) atoms. The van der Waals surface area contributed by atoms with E-state index in [9.17, 15) is 0 Å². The second kappa shape index (κ2) is 7.63. The molecule has 0 aliphatic heterocycles. The first-order valence-corrected chi connectivity index (χ1v) is 5.06. The molecule has 0 radical (unpaired) electrons. The highest BCUT2D eigenvalue weighted by Crippen LogP contribution is 2.09. The fourth-order valence-electron chi connectivity index (χ4n) is 0.829. The third kappa shape index (κ3) is 5.62. The Morgan fingerprint density at radius 2 is 2.25 bits per heavy atom. The number of alkyl halides is 1. The minimum Gasteiger partial charge on any atom is -0.378 e. The lowest BCUT2D eigenvalue weighted by molar-refractivity contribution is 0.0432. The Labute approximate surface area is 80.8 Å². The van der Waals surface area contributed by atoms with Crippen molar-refractivity contribution in [2.75, 3.05) is 12.5 Å². The van der Waals surface area contributed by atoms with Crippen LogP contribution in [0, 0.1) is 5.92 Å². The SMILES string of the molecule is C=CCC(CCl)COC(C)CC. The molecule has 2 unspecified atom stereocenters. The number of ether oxygens (including phenoxy) is 1. The van der Waals surface area contributed by atoms with Crippen LogP contribution in [0.15, 0.2) is 12.7 Å². The molecule has 0 saturated heterocycles. The molecule has 0 heterocycles. The van der Waals surface area contributed by atoms with Gasteiger partial charge in [0, 0.05) is 5.88 Å². The van der Waals surface area contributed by atoms with Gasteiger partial charge in [0.05, 0.1) is 12.7 Å². The molecule has 1 nitrogen and oxygen atoms in total. The minimum absolute atomic E-state index is 0.348. The molecule has 0 aliphatic rings. The maximum Gasteiger partial charge on any atom is 0.0544 e. The van der Waals surface area contributed by atoms with Crippen LogP contribution in [-0.4, -0.2) is 18.6 Å². The molecule has 0 saturated carbocycles. The largest absolute Gasteiger partial charge is 0.378 e. The van der Waals surface area contributed by atoms with E-state index in [1.54, 1.807) is 0 Å². The van der Waals surface area contributed by atoms with Gasteiger partial charge in [-0.1, -0.05) is 13.0 Å². The van der Waals surface area contributed by atoms with Gasteiger partial charge in [-0.05, 0) is 25.7 Å². The van der Waals surface area contributed by atoms with Gasteiger partial charge in [-0.25, -0.2) is 0 Å². The fourth-order valence-corrected chi connectivity index (χ4v) is 1.04. The van der Waals surface area contributed by atoms with Crippen LogP contribution in [0.25, 0.3) is 0 Å². The third-order valence-corrected chi connectivity index (χ3v) is 2.35. The zero-order valence-corrected chi connectivity index (χ0v) is 8.81. The van der Waals surface area contributed by atoms with E-state index >= 15 is 0 Å². The van der Waals surface area contributed by atoms with Crippen molar-refractivity contribution in [2.45, 2.75) is 32.8 Å². The van der Waals surface area contributed by atoms with Crippen molar-refractivity contribution < 1.29 is 4.74 Å². The Bertz CT molecular complexity index is 114. The maximum absolute atomic E-state index is 5.75. The number of allylic oxidation sites excluding steroid dienone is 1. The Kier molecular flexibility index (Phi) is 7.62. The van der Waals surface area contributed by atoms with E-state index in [1.807, 2.05) is 6.08 Å². The van der Waals surface area contributed by atoms with E-state index in [4.69, 9.17) is 16.3 Å². The molecule has 0 aromatic heterocycles. The molecule has 2 atom stereocenters. The van der Waals surface area contributed by atoms with Crippen molar-refractivity contribution in [3.05, 3.63) is 12.7 Å². The van der Waals surface area contributed by atoms with Gasteiger partial charge in [-0.15, -0.1) is 18.2 Å². The van der Waals surface area contributed by atoms with Gasteiger partial charge in [0.1, 0.15) is 0 Å². The van der Waals surface area contributed by atoms with Crippen LogP contribution in [0.5, 0.6) is 0 Å². The summed E-state index contributed by atoms with van der Waals surface area (Å²) >= 11 is 5.75. The van der Waals surface area contributed by atoms with Crippen molar-refractivity contribution in [3.8, 4) is 0 Å². The van der Waals surface area contributed by atoms with E-state index in [2.05, 4.69) is 20.4 Å². The summed E-state index contributed by atoms with van der Waals surface area (Å²) < 4.78 is 5.56. The quantitative estimate of drug-likeness (QED) is 0.443. The lowest BCUT2D eigenvalue weighted by Gasteiger charge is -2.15. The molecule has 0 amide bonds. The zero-order chi connectivity index (χ0) is 9.40. The van der Waals surface area contributed by atoms with Crippen LogP contribution in [0.2, 0.25) is 0 Å². The lowest BCUT2D eigenvalue weighted by atomic mass is 10.1. The van der Waals surface area contributed by atoms with Gasteiger partial charge in [-0.3, -0.25) is 0 Å². The summed E-state index contributed by atoms with van der Waals surface area (Å²) in [5.74, 6) is 1.08. The predicted molar refractivity (Wildman–Crippen MR) is 54.7 cm³/mol. The highest BCUT2D eigenvalue weighted by atomic mass is 35.5. The van der Waals surface area contributed by atoms with Crippen LogP contribution in [-0.2, 0) is 4.74 Å². The third-order valence-electron chi connectivity index (χ3n) is 1.91. The Balaban J connectivity index is 3.49. The van der Waals surface area contributed by atoms with E-state index in [-0.39, 0.29) is 0 Å². The Hall–Kier alpha value is -0.0100. The summed E-state index contributed by atoms with van der Waals surface area (Å²) in [6.45, 7) is 8.64. The summed E-state index contributed by atoms with van der Waals surface area (Å²) in [5.41, 5.74) is 0. The zero-order valence-electron chi connectivity index (χ0n) is 8.05. The first kappa shape index (κ1) is 12.0. The van der Waals surface area contributed by atoms with Gasteiger partial charge in [0.15, 0.2) is 0 Å². The molecular formula is C10H19ClO. The standard InChI is InChI=1S/C10H19ClO/c1-4-6-10(7-11)8-12-9(3)5-2/h4,9-10H,1,5-8H2,2-3H3. The van der Waals surface area contributed by atoms with E-state index < -0.39 is 0 Å². The predicted octanol–water partition coefficient (Wildman–Crippen LogP) is 3.23. The van der Waals surface area contributed by atoms with Crippen LogP contribution in [0.1, 0.15) is 26.7 Å². The van der Waals surface area contributed by atoms with Crippen molar-refractivity contribution in [1.82, 2.24) is 0 Å². The molecule has 0 spiro atoms. The Morgan fingerprint density at radius 1 is 1.58 bits per heavy atom. The molecule has 0 aromatic rings. The second-order valence-electron chi connectivity index (χ2n) is 3.10. The first-order chi connectivity index (χ1) is 5.74. The van der Waals surface area contributed by atoms with Crippen molar-refractivity contribution in [1.29, 1.82) is 0 Å². The van der Waals surface area contributed by atoms with Gasteiger partial charge in [0.2, 0.25) is 0 Å². The number of hydrogen-bond donors (Lipinski definition) is 0. The molecule has 0 bridgehead atoms. The lowest BCUT2D eigenvalue weighted by Crippen LogP contribution is -2.16. The smallest absolute Gasteiger partial charge is 0.0544 e. The van der Waals surface area contributed by atoms with Gasteiger partial charge in [0.25, 0.3) is 0 Å². The number of hydrogen-bond acceptors (Lipinski definition) is 1. The Morgan fingerprint density at radius 3 is 2.67 bits per heavy atom. The monoisotopic (exact) mass is 190 g/mol. The molecule has 72 valence electrons. The van der Waals surface area contributed by atoms with Crippen LogP contribution in [0.4, 0.5) is 0 Å². The van der Waals surface area contributed by atoms with E-state index in [0.29, 0.717) is 17.9 Å². The summed E-state index contributed by atoms with van der Waals surface area (Å²) in [6.07, 6.45) is 4.25. The summed E-state index contributed by atoms with van der Waals surface area (Å²) in [5, 5.41) is 0. The van der Waals surface area contributed by atoms with E-state index in [0.717, 1.165) is 19.4 Å². The maximum atomic E-state index is 5.75. The van der Waals surface area contributed by atoms with Crippen molar-refractivity contribution in [3.63, 3.8) is 0 Å². The summed E-state index contributed by atoms with van der Waals surface area (Å²) in [6, 6.07) is 0. The average Bonchev–Trinajstić information content (AvgIpc) is 2.11. The van der Waals surface area contributed by atoms with Gasteiger partial charge >= 0.3 is 0 Å². The summed E-state index contributed by atoms with van der Waals surface area (Å²) in [4.78, 5) is 0. The van der Waals surface area contributed by atoms with Crippen LogP contribution in [0.3, 0.4) is 0 Å². The minimum atomic E-state index is 0.348. The highest BCUT2D eigenvalue weighted by molar-refractivity contribution is 6.18. The molecular weight excluding hydrogens is 172 g/mol. The molecule has 0 rings (SSSR count). The number of halogens is 1. The first-order valence-electron chi connectivity index (χ1n) is 4.53. The molecule has 0 aliphatic carbocycles. The van der Waals surface area contributed by atoms with Crippen LogP contribution >= 0.6 is 11.6 Å². The molecule has 0 N–H and O–H groups in total. The molecule has 2 heteroatoms. The molecule has 0 fully saturated rings. The topological polar surface area (TPSA) is 9.23 Å². The van der Waals surface area contributed by atoms with Crippen LogP contribution < -0.4 is 0 Å². The average molecular weight is 191 g/mol. The molecule has 0 aromatic carbocycles. The van der Waals surface area contributed by atoms with Crippen molar-refractivity contribution in [2.24, 2.45) is 5.92 Å². The fraction of sp³-hybridized carbons (Fsp3) is 0.800. The summed E-state index contributed by atoms with van der Waals surface area (Å²) in [7, 11) is 0. The second-order valence-corrected chi connectivity index (χ2v) is 3.41. The highest BCUT2D eigenvalue weighted by Gasteiger charge is 2.07. The normalized spacial score (nSPS) is 15.6. The number of rotatable bonds is 7. The van der Waals surface area contributed by atoms with Crippen molar-refractivity contribution >= 4 is 11.6 Å². The van der Waals surface area contributed by atoms with Gasteiger partial charge in [-0.2, -0.15) is 0 Å². The van der Waals surface area contributed by atoms with Gasteiger partial charge < -0.3 is 4.74 Å². The van der Waals surface area contributed by atoms with E-state index in [1.165, 1.54) is 0 Å².